The number of hydrogen-bond donors (Lipinski definition) is 0. The molecule has 1 aliphatic carbocycles. The standard InChI is InChI=1S/C19H35O3Si.3CH3.Pt/c1-4-20-23(21-5-2,22-6-3)18-14-10-8-7-9-11-15-19-16-12-13-17-19;;;;/h12,16H,4-11,13-15,18H2,1-3H3;3*1H3;/q4*-1;+4. The molecule has 0 aromatic heterocycles. The van der Waals surface area contributed by atoms with Gasteiger partial charge < -0.3 is 35.6 Å². The molecule has 0 atom stereocenters. The third-order valence-electron chi connectivity index (χ3n) is 4.04. The maximum absolute atomic E-state index is 5.89. The van der Waals surface area contributed by atoms with E-state index in [1.165, 1.54) is 44.1 Å². The van der Waals surface area contributed by atoms with Crippen LogP contribution >= 0.6 is 0 Å². The smallest absolute Gasteiger partial charge is 0.374 e. The van der Waals surface area contributed by atoms with Gasteiger partial charge in [-0.1, -0.05) is 38.5 Å². The first-order valence-electron chi connectivity index (χ1n) is 9.44. The quantitative estimate of drug-likeness (QED) is 0.121. The molecule has 5 heteroatoms. The molecule has 0 aromatic rings. The molecule has 0 amide bonds. The van der Waals surface area contributed by atoms with Crippen molar-refractivity contribution >= 4 is 8.80 Å². The Morgan fingerprint density at radius 1 is 0.815 bits per heavy atom. The second-order valence-electron chi connectivity index (χ2n) is 5.91. The summed E-state index contributed by atoms with van der Waals surface area (Å²) in [5, 5.41) is 0. The molecular weight excluding hydrogens is 535 g/mol. The minimum Gasteiger partial charge on any atom is -0.374 e. The molecule has 3 nitrogen and oxygen atoms in total. The van der Waals surface area contributed by atoms with Gasteiger partial charge in [0, 0.05) is 25.9 Å². The molecule has 0 spiro atoms. The number of allylic oxidation sites excluding steroid dienone is 4. The molecule has 0 heterocycles. The molecule has 27 heavy (non-hydrogen) atoms. The summed E-state index contributed by atoms with van der Waals surface area (Å²) >= 11 is 0. The van der Waals surface area contributed by atoms with Gasteiger partial charge in [-0.3, -0.25) is 6.08 Å². The van der Waals surface area contributed by atoms with E-state index in [0.717, 1.165) is 18.9 Å². The Labute approximate surface area is 187 Å². The number of unbranched alkanes of at least 4 members (excludes halogenated alkanes) is 5. The van der Waals surface area contributed by atoms with Crippen molar-refractivity contribution in [1.82, 2.24) is 0 Å². The van der Waals surface area contributed by atoms with Gasteiger partial charge in [0.15, 0.2) is 0 Å². The largest absolute Gasteiger partial charge is 4.00 e. The van der Waals surface area contributed by atoms with Crippen molar-refractivity contribution in [3.63, 3.8) is 0 Å². The summed E-state index contributed by atoms with van der Waals surface area (Å²) in [6.45, 7) is 8.08. The van der Waals surface area contributed by atoms with E-state index in [1.807, 2.05) is 20.8 Å². The molecule has 164 valence electrons. The Morgan fingerprint density at radius 2 is 1.30 bits per heavy atom. The van der Waals surface area contributed by atoms with E-state index in [0.29, 0.717) is 19.8 Å². The molecule has 0 unspecified atom stereocenters. The molecule has 0 aliphatic heterocycles. The summed E-state index contributed by atoms with van der Waals surface area (Å²) in [4.78, 5) is 0. The van der Waals surface area contributed by atoms with Gasteiger partial charge in [0.1, 0.15) is 0 Å². The van der Waals surface area contributed by atoms with Gasteiger partial charge in [-0.15, -0.1) is 6.42 Å². The predicted octanol–water partition coefficient (Wildman–Crippen LogP) is 6.80. The van der Waals surface area contributed by atoms with Crippen LogP contribution in [0.15, 0.2) is 17.7 Å². The summed E-state index contributed by atoms with van der Waals surface area (Å²) in [6.07, 6.45) is 17.7. The fourth-order valence-corrected chi connectivity index (χ4v) is 5.67. The van der Waals surface area contributed by atoms with Gasteiger partial charge in [0.2, 0.25) is 0 Å². The van der Waals surface area contributed by atoms with Gasteiger partial charge in [0.05, 0.1) is 0 Å². The number of rotatable bonds is 15. The first kappa shape index (κ1) is 34.8. The Bertz CT molecular complexity index is 342. The van der Waals surface area contributed by atoms with Crippen LogP contribution in [0.25, 0.3) is 0 Å². The van der Waals surface area contributed by atoms with Crippen LogP contribution in [0.1, 0.15) is 72.1 Å². The molecule has 0 fully saturated rings. The average Bonchev–Trinajstić information content (AvgIpc) is 3.04. The number of hydrogen-bond acceptors (Lipinski definition) is 3. The first-order chi connectivity index (χ1) is 11.3. The van der Waals surface area contributed by atoms with Crippen LogP contribution in [0, 0.1) is 28.4 Å². The summed E-state index contributed by atoms with van der Waals surface area (Å²) in [7, 11) is -2.41. The van der Waals surface area contributed by atoms with E-state index >= 15 is 0 Å². The van der Waals surface area contributed by atoms with E-state index in [-0.39, 0.29) is 43.3 Å². The van der Waals surface area contributed by atoms with Crippen LogP contribution in [-0.2, 0) is 34.3 Å². The average molecular weight is 580 g/mol. The zero-order valence-corrected chi connectivity index (χ0v) is 22.0. The molecule has 0 bridgehead atoms. The van der Waals surface area contributed by atoms with Crippen molar-refractivity contribution in [2.75, 3.05) is 19.8 Å². The van der Waals surface area contributed by atoms with E-state index in [4.69, 9.17) is 13.3 Å². The summed E-state index contributed by atoms with van der Waals surface area (Å²) in [5.41, 5.74) is 1.41. The van der Waals surface area contributed by atoms with Crippen molar-refractivity contribution in [1.29, 1.82) is 0 Å². The SMILES string of the molecule is CCO[Si](CCCCCCCCC1=[C-]CC=C1)(OCC)OCC.[CH3-].[CH3-].[CH3-].[Pt+4]. The maximum atomic E-state index is 5.89. The molecule has 1 aliphatic rings. The Hall–Kier alpha value is 0.265. The maximum Gasteiger partial charge on any atom is 4.00 e. The topological polar surface area (TPSA) is 27.7 Å². The van der Waals surface area contributed by atoms with Crippen LogP contribution in [0.2, 0.25) is 6.04 Å². The van der Waals surface area contributed by atoms with E-state index in [1.54, 1.807) is 0 Å². The van der Waals surface area contributed by atoms with Crippen LogP contribution < -0.4 is 0 Å². The molecule has 0 saturated heterocycles. The fraction of sp³-hybridized carbons (Fsp3) is 0.682. The van der Waals surface area contributed by atoms with Crippen molar-refractivity contribution in [2.24, 2.45) is 0 Å². The van der Waals surface area contributed by atoms with Crippen molar-refractivity contribution < 1.29 is 34.3 Å². The van der Waals surface area contributed by atoms with Crippen LogP contribution in [0.3, 0.4) is 0 Å². The third-order valence-corrected chi connectivity index (χ3v) is 7.19. The monoisotopic (exact) mass is 579 g/mol. The van der Waals surface area contributed by atoms with Gasteiger partial charge in [0.25, 0.3) is 0 Å². The molecule has 0 radical (unpaired) electrons. The van der Waals surface area contributed by atoms with Crippen LogP contribution in [-0.4, -0.2) is 28.6 Å². The second-order valence-corrected chi connectivity index (χ2v) is 8.64. The van der Waals surface area contributed by atoms with Gasteiger partial charge in [-0.2, -0.15) is 6.08 Å². The minimum absolute atomic E-state index is 0. The second kappa shape index (κ2) is 22.6. The minimum atomic E-state index is -2.41. The van der Waals surface area contributed by atoms with E-state index in [2.05, 4.69) is 18.2 Å². The predicted molar refractivity (Wildman–Crippen MR) is 118 cm³/mol. The third kappa shape index (κ3) is 15.8. The summed E-state index contributed by atoms with van der Waals surface area (Å²) in [6, 6.07) is 0.954. The van der Waals surface area contributed by atoms with Crippen molar-refractivity contribution in [3.8, 4) is 0 Å². The Morgan fingerprint density at radius 3 is 1.74 bits per heavy atom. The summed E-state index contributed by atoms with van der Waals surface area (Å²) in [5.74, 6) is 0. The Kier molecular flexibility index (Phi) is 29.0. The van der Waals surface area contributed by atoms with Gasteiger partial charge in [-0.25, -0.2) is 11.6 Å². The molecule has 0 saturated carbocycles. The van der Waals surface area contributed by atoms with Crippen molar-refractivity contribution in [2.45, 2.75) is 78.2 Å². The van der Waals surface area contributed by atoms with Crippen LogP contribution in [0.5, 0.6) is 0 Å². The van der Waals surface area contributed by atoms with E-state index < -0.39 is 8.80 Å². The zero-order chi connectivity index (χ0) is 16.8. The van der Waals surface area contributed by atoms with E-state index in [9.17, 15) is 0 Å². The normalized spacial score (nSPS) is 12.3. The van der Waals surface area contributed by atoms with Crippen LogP contribution in [0.4, 0.5) is 0 Å². The zero-order valence-electron chi connectivity index (χ0n) is 18.7. The van der Waals surface area contributed by atoms with Gasteiger partial charge in [-0.05, 0) is 27.2 Å². The summed E-state index contributed by atoms with van der Waals surface area (Å²) < 4.78 is 17.7. The van der Waals surface area contributed by atoms with Gasteiger partial charge >= 0.3 is 29.9 Å². The molecular formula is C22H44O3PtSi. The molecule has 0 aromatic carbocycles. The van der Waals surface area contributed by atoms with Crippen molar-refractivity contribution in [3.05, 3.63) is 46.1 Å². The molecule has 1 rings (SSSR count). The Balaban J connectivity index is -0.000000661. The molecule has 0 N–H and O–H groups in total. The fourth-order valence-electron chi connectivity index (χ4n) is 2.99. The first-order valence-corrected chi connectivity index (χ1v) is 11.4.